The first kappa shape index (κ1) is 14.4. The lowest BCUT2D eigenvalue weighted by Gasteiger charge is -2.18. The van der Waals surface area contributed by atoms with Crippen molar-refractivity contribution in [3.05, 3.63) is 34.1 Å². The second-order valence-electron chi connectivity index (χ2n) is 4.25. The molecule has 1 heterocycles. The Bertz CT molecular complexity index is 698. The highest BCUT2D eigenvalue weighted by molar-refractivity contribution is 7.89. The van der Waals surface area contributed by atoms with Crippen molar-refractivity contribution in [2.24, 2.45) is 0 Å². The van der Waals surface area contributed by atoms with Gasteiger partial charge in [-0.2, -0.15) is 14.0 Å². The van der Waals surface area contributed by atoms with Gasteiger partial charge >= 0.3 is 5.69 Å². The standard InChI is InChI=1S/C11H10FN3O4S/c12-9-4-1-5-10(11(9)15(16)17)20(18,19)14-6-2-3-8(14)7-13/h1,4-5,8H,2-3,6H2. The lowest BCUT2D eigenvalue weighted by Crippen LogP contribution is -2.35. The number of nitro groups is 1. The highest BCUT2D eigenvalue weighted by Gasteiger charge is 2.40. The van der Waals surface area contributed by atoms with Gasteiger partial charge in [0, 0.05) is 6.54 Å². The maximum atomic E-state index is 13.5. The number of rotatable bonds is 3. The molecule has 0 bridgehead atoms. The quantitative estimate of drug-likeness (QED) is 0.620. The van der Waals surface area contributed by atoms with Crippen molar-refractivity contribution in [1.82, 2.24) is 4.31 Å². The van der Waals surface area contributed by atoms with Crippen LogP contribution in [0.15, 0.2) is 23.1 Å². The molecule has 0 spiro atoms. The average molecular weight is 299 g/mol. The van der Waals surface area contributed by atoms with Crippen molar-refractivity contribution in [3.8, 4) is 6.07 Å². The number of hydrogen-bond donors (Lipinski definition) is 0. The average Bonchev–Trinajstić information content (AvgIpc) is 2.86. The maximum Gasteiger partial charge on any atom is 0.324 e. The maximum absolute atomic E-state index is 13.5. The summed E-state index contributed by atoms with van der Waals surface area (Å²) < 4.78 is 39.2. The van der Waals surface area contributed by atoms with Gasteiger partial charge in [-0.15, -0.1) is 0 Å². The fraction of sp³-hybridized carbons (Fsp3) is 0.364. The van der Waals surface area contributed by atoms with E-state index in [-0.39, 0.29) is 6.54 Å². The Morgan fingerprint density at radius 1 is 1.50 bits per heavy atom. The molecule has 0 aliphatic carbocycles. The molecule has 0 saturated carbocycles. The van der Waals surface area contributed by atoms with Crippen molar-refractivity contribution in [1.29, 1.82) is 5.26 Å². The predicted molar refractivity (Wildman–Crippen MR) is 65.6 cm³/mol. The zero-order valence-electron chi connectivity index (χ0n) is 10.2. The highest BCUT2D eigenvalue weighted by atomic mass is 32.2. The fourth-order valence-corrected chi connectivity index (χ4v) is 3.94. The number of sulfonamides is 1. The van der Waals surface area contributed by atoms with Gasteiger partial charge in [0.1, 0.15) is 6.04 Å². The molecule has 1 unspecified atom stereocenters. The van der Waals surface area contributed by atoms with E-state index in [9.17, 15) is 22.9 Å². The SMILES string of the molecule is N#CC1CCCN1S(=O)(=O)c1cccc(F)c1[N+](=O)[O-]. The van der Waals surface area contributed by atoms with E-state index in [4.69, 9.17) is 5.26 Å². The number of para-hydroxylation sites is 1. The molecule has 1 atom stereocenters. The second kappa shape index (κ2) is 5.15. The summed E-state index contributed by atoms with van der Waals surface area (Å²) in [5, 5.41) is 19.8. The number of nitriles is 1. The number of nitrogens with zero attached hydrogens (tertiary/aromatic N) is 3. The van der Waals surface area contributed by atoms with Crippen LogP contribution in [0.4, 0.5) is 10.1 Å². The van der Waals surface area contributed by atoms with E-state index in [0.717, 1.165) is 22.5 Å². The van der Waals surface area contributed by atoms with Gasteiger partial charge in [0.25, 0.3) is 10.0 Å². The van der Waals surface area contributed by atoms with Crippen LogP contribution in [0.5, 0.6) is 0 Å². The summed E-state index contributed by atoms with van der Waals surface area (Å²) in [7, 11) is -4.27. The first-order valence-corrected chi connectivity index (χ1v) is 7.18. The third-order valence-electron chi connectivity index (χ3n) is 3.07. The van der Waals surface area contributed by atoms with Gasteiger partial charge in [0.05, 0.1) is 11.0 Å². The topological polar surface area (TPSA) is 104 Å². The predicted octanol–water partition coefficient (Wildman–Crippen LogP) is 1.41. The van der Waals surface area contributed by atoms with Crippen molar-refractivity contribution >= 4 is 15.7 Å². The molecule has 2 rings (SSSR count). The molecule has 1 aliphatic rings. The first-order valence-electron chi connectivity index (χ1n) is 5.74. The molecule has 20 heavy (non-hydrogen) atoms. The Balaban J connectivity index is 2.59. The van der Waals surface area contributed by atoms with Crippen molar-refractivity contribution in [2.75, 3.05) is 6.54 Å². The summed E-state index contributed by atoms with van der Waals surface area (Å²) in [6.45, 7) is 0.0915. The Kier molecular flexibility index (Phi) is 3.69. The van der Waals surface area contributed by atoms with Crippen LogP contribution in [0.25, 0.3) is 0 Å². The van der Waals surface area contributed by atoms with Crippen LogP contribution in [0.2, 0.25) is 0 Å². The molecule has 1 aliphatic heterocycles. The van der Waals surface area contributed by atoms with Gasteiger partial charge in [-0.3, -0.25) is 10.1 Å². The molecule has 1 saturated heterocycles. The first-order chi connectivity index (χ1) is 9.39. The van der Waals surface area contributed by atoms with E-state index in [1.54, 1.807) is 0 Å². The number of nitro benzene ring substituents is 1. The molecule has 0 N–H and O–H groups in total. The van der Waals surface area contributed by atoms with E-state index < -0.39 is 37.4 Å². The van der Waals surface area contributed by atoms with Gasteiger partial charge in [0.2, 0.25) is 5.82 Å². The van der Waals surface area contributed by atoms with E-state index >= 15 is 0 Å². The Hall–Kier alpha value is -2.05. The molecule has 0 aromatic heterocycles. The van der Waals surface area contributed by atoms with Crippen molar-refractivity contribution in [3.63, 3.8) is 0 Å². The molecule has 1 aromatic carbocycles. The van der Waals surface area contributed by atoms with E-state index in [0.29, 0.717) is 12.8 Å². The number of hydrogen-bond acceptors (Lipinski definition) is 5. The van der Waals surface area contributed by atoms with Gasteiger partial charge < -0.3 is 0 Å². The summed E-state index contributed by atoms with van der Waals surface area (Å²) in [6.07, 6.45) is 0.847. The monoisotopic (exact) mass is 299 g/mol. The van der Waals surface area contributed by atoms with Crippen LogP contribution >= 0.6 is 0 Å². The van der Waals surface area contributed by atoms with E-state index in [1.165, 1.54) is 0 Å². The largest absolute Gasteiger partial charge is 0.324 e. The third-order valence-corrected chi connectivity index (χ3v) is 5.01. The molecule has 9 heteroatoms. The summed E-state index contributed by atoms with van der Waals surface area (Å²) >= 11 is 0. The van der Waals surface area contributed by atoms with Crippen LogP contribution in [0.1, 0.15) is 12.8 Å². The minimum Gasteiger partial charge on any atom is -0.258 e. The molecule has 106 valence electrons. The molecule has 1 fully saturated rings. The second-order valence-corrected chi connectivity index (χ2v) is 6.11. The molecular formula is C11H10FN3O4S. The van der Waals surface area contributed by atoms with Gasteiger partial charge in [-0.05, 0) is 25.0 Å². The highest BCUT2D eigenvalue weighted by Crippen LogP contribution is 2.32. The summed E-state index contributed by atoms with van der Waals surface area (Å²) in [4.78, 5) is 9.09. The Morgan fingerprint density at radius 2 is 2.20 bits per heavy atom. The van der Waals surface area contributed by atoms with Crippen LogP contribution in [0, 0.1) is 27.3 Å². The lowest BCUT2D eigenvalue weighted by atomic mass is 10.2. The minimum absolute atomic E-state index is 0.0915. The molecule has 1 aromatic rings. The fourth-order valence-electron chi connectivity index (χ4n) is 2.16. The smallest absolute Gasteiger partial charge is 0.258 e. The van der Waals surface area contributed by atoms with E-state index in [1.807, 2.05) is 6.07 Å². The van der Waals surface area contributed by atoms with Crippen LogP contribution in [0.3, 0.4) is 0 Å². The van der Waals surface area contributed by atoms with Crippen LogP contribution < -0.4 is 0 Å². The Morgan fingerprint density at radius 3 is 2.80 bits per heavy atom. The zero-order valence-corrected chi connectivity index (χ0v) is 11.0. The number of halogens is 1. The normalized spacial score (nSPS) is 19.7. The van der Waals surface area contributed by atoms with E-state index in [2.05, 4.69) is 0 Å². The van der Waals surface area contributed by atoms with Crippen molar-refractivity contribution < 1.29 is 17.7 Å². The van der Waals surface area contributed by atoms with Crippen LogP contribution in [-0.4, -0.2) is 30.2 Å². The van der Waals surface area contributed by atoms with Crippen LogP contribution in [-0.2, 0) is 10.0 Å². The van der Waals surface area contributed by atoms with Gasteiger partial charge in [-0.1, -0.05) is 6.07 Å². The molecular weight excluding hydrogens is 289 g/mol. The van der Waals surface area contributed by atoms with Gasteiger partial charge in [-0.25, -0.2) is 8.42 Å². The Labute approximate surface area is 114 Å². The zero-order chi connectivity index (χ0) is 14.9. The lowest BCUT2D eigenvalue weighted by molar-refractivity contribution is -0.390. The molecule has 7 nitrogen and oxygen atoms in total. The minimum atomic E-state index is -4.27. The van der Waals surface area contributed by atoms with Crippen molar-refractivity contribution in [2.45, 2.75) is 23.8 Å². The molecule has 0 radical (unpaired) electrons. The summed E-state index contributed by atoms with van der Waals surface area (Å²) in [5.74, 6) is -1.22. The summed E-state index contributed by atoms with van der Waals surface area (Å²) in [6, 6.07) is 3.85. The number of benzene rings is 1. The summed E-state index contributed by atoms with van der Waals surface area (Å²) in [5.41, 5.74) is -1.09. The third kappa shape index (κ3) is 2.23. The molecule has 0 amide bonds. The van der Waals surface area contributed by atoms with Gasteiger partial charge in [0.15, 0.2) is 4.90 Å².